The molecule has 8 nitrogen and oxygen atoms in total. The first-order valence-corrected chi connectivity index (χ1v) is 12.2. The number of nitrogens with one attached hydrogen (secondary N) is 1. The molecule has 3 aromatic rings. The van der Waals surface area contributed by atoms with Gasteiger partial charge < -0.3 is 14.8 Å². The number of rotatable bonds is 11. The number of ketones is 2. The quantitative estimate of drug-likeness (QED) is 0.264. The minimum Gasteiger partial charge on any atom is -0.454 e. The molecule has 0 aliphatic carbocycles. The summed E-state index contributed by atoms with van der Waals surface area (Å²) in [5.74, 6) is -2.50. The molecule has 196 valence electrons. The second-order valence-corrected chi connectivity index (χ2v) is 8.93. The summed E-state index contributed by atoms with van der Waals surface area (Å²) in [4.78, 5) is 61.1. The Hall–Kier alpha value is -4.30. The Morgan fingerprint density at radius 1 is 0.789 bits per heavy atom. The van der Waals surface area contributed by atoms with E-state index in [0.29, 0.717) is 21.8 Å². The van der Waals surface area contributed by atoms with E-state index in [1.54, 1.807) is 48.5 Å². The average Bonchev–Trinajstić information content (AvgIpc) is 2.91. The van der Waals surface area contributed by atoms with Crippen LogP contribution in [0.4, 0.5) is 5.69 Å². The maximum atomic E-state index is 12.3. The van der Waals surface area contributed by atoms with Crippen molar-refractivity contribution < 1.29 is 33.4 Å². The van der Waals surface area contributed by atoms with Crippen molar-refractivity contribution in [2.24, 2.45) is 0 Å². The number of esters is 2. The molecule has 0 saturated carbocycles. The molecule has 9 heteroatoms. The van der Waals surface area contributed by atoms with Gasteiger partial charge in [0.2, 0.25) is 11.7 Å². The highest BCUT2D eigenvalue weighted by molar-refractivity contribution is 6.30. The van der Waals surface area contributed by atoms with Crippen LogP contribution < -0.4 is 5.32 Å². The first-order valence-electron chi connectivity index (χ1n) is 11.8. The van der Waals surface area contributed by atoms with Gasteiger partial charge in [0.15, 0.2) is 18.5 Å². The number of carbonyl (C=O) groups excluding carboxylic acids is 5. The number of amides is 1. The van der Waals surface area contributed by atoms with Crippen LogP contribution in [0.25, 0.3) is 0 Å². The Labute approximate surface area is 224 Å². The van der Waals surface area contributed by atoms with Crippen molar-refractivity contribution in [1.82, 2.24) is 0 Å². The van der Waals surface area contributed by atoms with Crippen LogP contribution in [0.15, 0.2) is 72.8 Å². The molecular weight excluding hydrogens is 510 g/mol. The van der Waals surface area contributed by atoms with E-state index in [9.17, 15) is 24.0 Å². The molecule has 0 saturated heterocycles. The van der Waals surface area contributed by atoms with Gasteiger partial charge in [0, 0.05) is 28.3 Å². The van der Waals surface area contributed by atoms with Crippen molar-refractivity contribution >= 4 is 46.7 Å². The summed E-state index contributed by atoms with van der Waals surface area (Å²) in [7, 11) is 0. The number of hydrogen-bond acceptors (Lipinski definition) is 7. The molecule has 0 aromatic heterocycles. The molecular formula is C29H26ClNO7. The second kappa shape index (κ2) is 13.3. The largest absolute Gasteiger partial charge is 0.454 e. The van der Waals surface area contributed by atoms with Gasteiger partial charge in [-0.05, 0) is 62.4 Å². The van der Waals surface area contributed by atoms with Gasteiger partial charge in [-0.15, -0.1) is 0 Å². The average molecular weight is 536 g/mol. The highest BCUT2D eigenvalue weighted by Crippen LogP contribution is 2.14. The summed E-state index contributed by atoms with van der Waals surface area (Å²) >= 11 is 5.81. The van der Waals surface area contributed by atoms with E-state index in [2.05, 4.69) is 5.32 Å². The van der Waals surface area contributed by atoms with E-state index in [1.165, 1.54) is 31.2 Å². The number of halogens is 1. The summed E-state index contributed by atoms with van der Waals surface area (Å²) in [6.07, 6.45) is -1.39. The third-order valence-corrected chi connectivity index (χ3v) is 5.73. The third-order valence-electron chi connectivity index (χ3n) is 5.47. The Kier molecular flexibility index (Phi) is 9.90. The Morgan fingerprint density at radius 2 is 1.37 bits per heavy atom. The number of carbonyl (C=O) groups is 5. The van der Waals surface area contributed by atoms with E-state index in [0.717, 1.165) is 5.56 Å². The lowest BCUT2D eigenvalue weighted by Gasteiger charge is -2.12. The molecule has 3 rings (SSSR count). The summed E-state index contributed by atoms with van der Waals surface area (Å²) < 4.78 is 10.2. The fourth-order valence-corrected chi connectivity index (χ4v) is 3.45. The van der Waals surface area contributed by atoms with Crippen molar-refractivity contribution in [2.75, 3.05) is 11.9 Å². The Bertz CT molecular complexity index is 1320. The summed E-state index contributed by atoms with van der Waals surface area (Å²) in [5.41, 5.74) is 2.44. The second-order valence-electron chi connectivity index (χ2n) is 8.49. The van der Waals surface area contributed by atoms with Gasteiger partial charge in [0.25, 0.3) is 0 Å². The number of Topliss-reactive ketones (excluding diaryl/α,β-unsaturated/α-hetero) is 2. The number of aryl methyl sites for hydroxylation is 1. The van der Waals surface area contributed by atoms with Crippen LogP contribution in [0.2, 0.25) is 5.02 Å². The Balaban J connectivity index is 1.41. The molecule has 0 spiro atoms. The topological polar surface area (TPSA) is 116 Å². The van der Waals surface area contributed by atoms with E-state index in [4.69, 9.17) is 21.1 Å². The molecule has 0 aliphatic heterocycles. The van der Waals surface area contributed by atoms with Crippen molar-refractivity contribution in [2.45, 2.75) is 32.8 Å². The van der Waals surface area contributed by atoms with Crippen LogP contribution in [-0.2, 0) is 19.1 Å². The first-order chi connectivity index (χ1) is 18.1. The monoisotopic (exact) mass is 535 g/mol. The summed E-state index contributed by atoms with van der Waals surface area (Å²) in [6.45, 7) is 2.98. The minimum absolute atomic E-state index is 0.161. The fourth-order valence-electron chi connectivity index (χ4n) is 3.32. The zero-order valence-corrected chi connectivity index (χ0v) is 21.6. The third kappa shape index (κ3) is 8.38. The molecule has 1 atom stereocenters. The number of anilines is 1. The van der Waals surface area contributed by atoms with Crippen LogP contribution in [-0.4, -0.2) is 42.1 Å². The van der Waals surface area contributed by atoms with Gasteiger partial charge in [0.1, 0.15) is 0 Å². The van der Waals surface area contributed by atoms with Crippen LogP contribution in [0.3, 0.4) is 0 Å². The molecule has 0 unspecified atom stereocenters. The van der Waals surface area contributed by atoms with E-state index >= 15 is 0 Å². The maximum absolute atomic E-state index is 12.3. The van der Waals surface area contributed by atoms with Gasteiger partial charge in [-0.2, -0.15) is 0 Å². The van der Waals surface area contributed by atoms with Crippen molar-refractivity contribution in [3.8, 4) is 0 Å². The minimum atomic E-state index is -1.01. The van der Waals surface area contributed by atoms with Crippen LogP contribution in [0.1, 0.15) is 56.4 Å². The number of ether oxygens (including phenoxy) is 2. The lowest BCUT2D eigenvalue weighted by molar-refractivity contribution is -0.147. The lowest BCUT2D eigenvalue weighted by atomic mass is 10.1. The number of hydrogen-bond donors (Lipinski definition) is 1. The zero-order valence-electron chi connectivity index (χ0n) is 20.9. The standard InChI is InChI=1S/C29H26ClNO7/c1-18-3-5-20(6-4-18)25(32)17-37-29(36)22-9-13-24(14-10-22)31-26(33)15-16-27(34)38-19(2)28(35)21-7-11-23(30)12-8-21/h3-14,19H,15-17H2,1-2H3,(H,31,33)/t19-/m1/s1. The van der Waals surface area contributed by atoms with Crippen molar-refractivity contribution in [3.05, 3.63) is 100 Å². The molecule has 0 aliphatic rings. The highest BCUT2D eigenvalue weighted by Gasteiger charge is 2.20. The van der Waals surface area contributed by atoms with Crippen LogP contribution >= 0.6 is 11.6 Å². The molecule has 1 N–H and O–H groups in total. The molecule has 38 heavy (non-hydrogen) atoms. The van der Waals surface area contributed by atoms with Crippen molar-refractivity contribution in [3.63, 3.8) is 0 Å². The molecule has 0 heterocycles. The van der Waals surface area contributed by atoms with Crippen LogP contribution in [0.5, 0.6) is 0 Å². The smallest absolute Gasteiger partial charge is 0.338 e. The summed E-state index contributed by atoms with van der Waals surface area (Å²) in [5, 5.41) is 3.10. The molecule has 1 amide bonds. The first kappa shape index (κ1) is 28.3. The zero-order chi connectivity index (χ0) is 27.7. The van der Waals surface area contributed by atoms with Crippen LogP contribution in [0, 0.1) is 6.92 Å². The van der Waals surface area contributed by atoms with E-state index in [1.807, 2.05) is 6.92 Å². The van der Waals surface area contributed by atoms with Gasteiger partial charge in [0.05, 0.1) is 12.0 Å². The van der Waals surface area contributed by atoms with Gasteiger partial charge in [-0.1, -0.05) is 41.4 Å². The molecule has 3 aromatic carbocycles. The normalized spacial score (nSPS) is 11.2. The fraction of sp³-hybridized carbons (Fsp3) is 0.207. The molecule has 0 fully saturated rings. The maximum Gasteiger partial charge on any atom is 0.338 e. The van der Waals surface area contributed by atoms with Gasteiger partial charge in [-0.25, -0.2) is 4.79 Å². The van der Waals surface area contributed by atoms with Crippen molar-refractivity contribution in [1.29, 1.82) is 0 Å². The predicted molar refractivity (Wildman–Crippen MR) is 141 cm³/mol. The lowest BCUT2D eigenvalue weighted by Crippen LogP contribution is -2.25. The highest BCUT2D eigenvalue weighted by atomic mass is 35.5. The van der Waals surface area contributed by atoms with E-state index in [-0.39, 0.29) is 36.6 Å². The van der Waals surface area contributed by atoms with Gasteiger partial charge >= 0.3 is 11.9 Å². The molecule has 0 bridgehead atoms. The SMILES string of the molecule is Cc1ccc(C(=O)COC(=O)c2ccc(NC(=O)CCC(=O)O[C@H](C)C(=O)c3ccc(Cl)cc3)cc2)cc1. The predicted octanol–water partition coefficient (Wildman–Crippen LogP) is 5.22. The number of benzene rings is 3. The Morgan fingerprint density at radius 3 is 2.00 bits per heavy atom. The molecule has 0 radical (unpaired) electrons. The van der Waals surface area contributed by atoms with Gasteiger partial charge in [-0.3, -0.25) is 19.2 Å². The summed E-state index contributed by atoms with van der Waals surface area (Å²) in [6, 6.07) is 19.1. The van der Waals surface area contributed by atoms with E-state index < -0.39 is 23.9 Å².